The van der Waals surface area contributed by atoms with E-state index in [1.54, 1.807) is 0 Å². The molecule has 0 aromatic carbocycles. The molecule has 0 amide bonds. The van der Waals surface area contributed by atoms with E-state index < -0.39 is 34.7 Å². The predicted molar refractivity (Wildman–Crippen MR) is 51.7 cm³/mol. The second kappa shape index (κ2) is 5.96. The Morgan fingerprint density at radius 2 is 1.07 bits per heavy atom. The van der Waals surface area contributed by atoms with Gasteiger partial charge in [-0.25, -0.2) is 17.6 Å². The third-order valence-electron chi connectivity index (χ3n) is 1.23. The number of hydrogen-bond acceptors (Lipinski definition) is 1. The van der Waals surface area contributed by atoms with E-state index >= 15 is 0 Å². The maximum atomic E-state index is 12.6. The molecule has 0 radical (unpaired) electrons. The van der Waals surface area contributed by atoms with E-state index in [1.165, 1.54) is 0 Å². The maximum absolute atomic E-state index is 12.6. The highest BCUT2D eigenvalue weighted by molar-refractivity contribution is 6.45. The molecule has 0 rings (SSSR count). The van der Waals surface area contributed by atoms with Crippen LogP contribution in [0.5, 0.6) is 0 Å². The fraction of sp³-hybridized carbons (Fsp3) is 1.00. The molecule has 0 saturated carbocycles. The molecule has 0 bridgehead atoms. The second-order valence-electron chi connectivity index (χ2n) is 2.62. The Balaban J connectivity index is 4.00. The molecule has 0 spiro atoms. The number of ether oxygens (including phenoxy) is 1. The smallest absolute Gasteiger partial charge is 0.300 e. The lowest BCUT2D eigenvalue weighted by Gasteiger charge is -2.21. The summed E-state index contributed by atoms with van der Waals surface area (Å²) in [4.78, 5) is -4.07. The van der Waals surface area contributed by atoms with Crippen LogP contribution in [0.15, 0.2) is 0 Å². The number of alkyl halides is 8. The van der Waals surface area contributed by atoms with Gasteiger partial charge in [0.1, 0.15) is 13.2 Å². The van der Waals surface area contributed by atoms with Crippen LogP contribution in [0.2, 0.25) is 0 Å². The van der Waals surface area contributed by atoms with Gasteiger partial charge in [-0.05, 0) is 0 Å². The lowest BCUT2D eigenvalue weighted by atomic mass is 10.4. The first-order valence-electron chi connectivity index (χ1n) is 3.49. The van der Waals surface area contributed by atoms with Gasteiger partial charge in [0.25, 0.3) is 11.8 Å². The first-order chi connectivity index (χ1) is 6.59. The summed E-state index contributed by atoms with van der Waals surface area (Å²) in [5.41, 5.74) is 0. The third-order valence-corrected chi connectivity index (χ3v) is 2.50. The molecule has 0 aliphatic rings. The van der Waals surface area contributed by atoms with Crippen LogP contribution in [-0.2, 0) is 4.74 Å². The first kappa shape index (κ1) is 15.8. The molecule has 0 aliphatic heterocycles. The molecule has 1 nitrogen and oxygen atoms in total. The molecule has 9 heteroatoms. The van der Waals surface area contributed by atoms with E-state index in [4.69, 9.17) is 46.4 Å². The highest BCUT2D eigenvalue weighted by atomic mass is 35.5. The fourth-order valence-electron chi connectivity index (χ4n) is 0.449. The number of rotatable bonds is 6. The molecule has 0 fully saturated rings. The van der Waals surface area contributed by atoms with Gasteiger partial charge in [-0.3, -0.25) is 0 Å². The summed E-state index contributed by atoms with van der Waals surface area (Å²) in [5, 5.41) is 0. The Labute approximate surface area is 104 Å². The van der Waals surface area contributed by atoms with Gasteiger partial charge in [0, 0.05) is 0 Å². The van der Waals surface area contributed by atoms with E-state index in [0.29, 0.717) is 0 Å². The number of hydrogen-bond donors (Lipinski definition) is 0. The van der Waals surface area contributed by atoms with Gasteiger partial charge in [-0.15, -0.1) is 0 Å². The molecule has 0 aromatic heterocycles. The van der Waals surface area contributed by atoms with Crippen LogP contribution in [0.25, 0.3) is 0 Å². The monoisotopic (exact) mass is 310 g/mol. The summed E-state index contributed by atoms with van der Waals surface area (Å²) in [7, 11) is 0. The normalized spacial score (nSPS) is 14.0. The quantitative estimate of drug-likeness (QED) is 0.534. The average Bonchev–Trinajstić information content (AvgIpc) is 2.02. The van der Waals surface area contributed by atoms with Crippen molar-refractivity contribution in [3.63, 3.8) is 0 Å². The van der Waals surface area contributed by atoms with Crippen molar-refractivity contribution >= 4 is 46.4 Å². The molecule has 15 heavy (non-hydrogen) atoms. The van der Waals surface area contributed by atoms with Crippen LogP contribution in [0.3, 0.4) is 0 Å². The van der Waals surface area contributed by atoms with E-state index in [0.717, 1.165) is 0 Å². The minimum atomic E-state index is -3.60. The van der Waals surface area contributed by atoms with Gasteiger partial charge in [0.2, 0.25) is 0 Å². The van der Waals surface area contributed by atoms with Crippen molar-refractivity contribution in [2.45, 2.75) is 21.5 Å². The summed E-state index contributed by atoms with van der Waals surface area (Å²) < 4.78 is 54.5. The van der Waals surface area contributed by atoms with Crippen molar-refractivity contribution < 1.29 is 22.3 Å². The third kappa shape index (κ3) is 5.63. The molecule has 92 valence electrons. The molecule has 0 unspecified atom stereocenters. The average molecular weight is 312 g/mol. The molecular formula is C6H6Cl4F4O. The molecule has 0 aromatic rings. The predicted octanol–water partition coefficient (Wildman–Crippen LogP) is 3.88. The molecule has 0 atom stereocenters. The molecule has 0 heterocycles. The zero-order valence-corrected chi connectivity index (χ0v) is 10.0. The van der Waals surface area contributed by atoms with Crippen LogP contribution in [0.4, 0.5) is 17.6 Å². The SMILES string of the molecule is FC(F)(COCC(F)(F)C(Cl)Cl)C(Cl)Cl. The van der Waals surface area contributed by atoms with Crippen LogP contribution in [-0.4, -0.2) is 34.7 Å². The zero-order valence-electron chi connectivity index (χ0n) is 7.00. The van der Waals surface area contributed by atoms with Crippen LogP contribution >= 0.6 is 46.4 Å². The Morgan fingerprint density at radius 1 is 0.800 bits per heavy atom. The summed E-state index contributed by atoms with van der Waals surface area (Å²) >= 11 is 19.5. The van der Waals surface area contributed by atoms with Gasteiger partial charge in [0.05, 0.1) is 0 Å². The summed E-state index contributed by atoms with van der Waals surface area (Å²) in [6.07, 6.45) is 0. The van der Waals surface area contributed by atoms with E-state index in [1.807, 2.05) is 0 Å². The van der Waals surface area contributed by atoms with E-state index in [9.17, 15) is 17.6 Å². The van der Waals surface area contributed by atoms with Gasteiger partial charge >= 0.3 is 0 Å². The van der Waals surface area contributed by atoms with Gasteiger partial charge in [-0.2, -0.15) is 0 Å². The van der Waals surface area contributed by atoms with Gasteiger partial charge in [-0.1, -0.05) is 46.4 Å². The number of halogens is 8. The second-order valence-corrected chi connectivity index (χ2v) is 4.81. The molecule has 0 saturated heterocycles. The maximum Gasteiger partial charge on any atom is 0.300 e. The van der Waals surface area contributed by atoms with Crippen molar-refractivity contribution in [3.8, 4) is 0 Å². The van der Waals surface area contributed by atoms with Crippen LogP contribution in [0, 0.1) is 0 Å². The fourth-order valence-corrected chi connectivity index (χ4v) is 0.701. The van der Waals surface area contributed by atoms with Crippen molar-refractivity contribution in [2.24, 2.45) is 0 Å². The lowest BCUT2D eigenvalue weighted by Crippen LogP contribution is -2.36. The molecular weight excluding hydrogens is 306 g/mol. The molecule has 0 N–H and O–H groups in total. The first-order valence-corrected chi connectivity index (χ1v) is 5.24. The van der Waals surface area contributed by atoms with E-state index in [-0.39, 0.29) is 0 Å². The topological polar surface area (TPSA) is 9.23 Å². The Hall–Kier alpha value is 0.840. The zero-order chi connectivity index (χ0) is 12.3. The highest BCUT2D eigenvalue weighted by Gasteiger charge is 2.41. The minimum Gasteiger partial charge on any atom is -0.369 e. The van der Waals surface area contributed by atoms with Crippen LogP contribution in [0.1, 0.15) is 0 Å². The lowest BCUT2D eigenvalue weighted by molar-refractivity contribution is -0.118. The summed E-state index contributed by atoms with van der Waals surface area (Å²) in [6, 6.07) is 0. The van der Waals surface area contributed by atoms with Gasteiger partial charge in [0.15, 0.2) is 9.67 Å². The van der Waals surface area contributed by atoms with Crippen LogP contribution < -0.4 is 0 Å². The molecule has 0 aliphatic carbocycles. The highest BCUT2D eigenvalue weighted by Crippen LogP contribution is 2.30. The Morgan fingerprint density at radius 3 is 1.27 bits per heavy atom. The minimum absolute atomic E-state index is 1.33. The standard InChI is InChI=1S/C6H6Cl4F4O/c7-3(8)5(11,12)1-15-2-6(13,14)4(9)10/h3-4H,1-2H2. The van der Waals surface area contributed by atoms with Crippen molar-refractivity contribution in [1.82, 2.24) is 0 Å². The Bertz CT molecular complexity index is 180. The van der Waals surface area contributed by atoms with Gasteiger partial charge < -0.3 is 4.74 Å². The summed E-state index contributed by atoms with van der Waals surface area (Å²) in [5.74, 6) is -7.21. The van der Waals surface area contributed by atoms with E-state index in [2.05, 4.69) is 4.74 Å². The van der Waals surface area contributed by atoms with Crippen molar-refractivity contribution in [2.75, 3.05) is 13.2 Å². The van der Waals surface area contributed by atoms with Crippen molar-refractivity contribution in [3.05, 3.63) is 0 Å². The summed E-state index contributed by atoms with van der Waals surface area (Å²) in [6.45, 7) is -2.67. The van der Waals surface area contributed by atoms with Crippen molar-refractivity contribution in [1.29, 1.82) is 0 Å². The largest absolute Gasteiger partial charge is 0.369 e. The Kier molecular flexibility index (Phi) is 6.29.